The van der Waals surface area contributed by atoms with Crippen molar-refractivity contribution >= 4 is 34.4 Å². The summed E-state index contributed by atoms with van der Waals surface area (Å²) in [5.41, 5.74) is 3.26. The first-order chi connectivity index (χ1) is 20.2. The summed E-state index contributed by atoms with van der Waals surface area (Å²) in [6, 6.07) is 18.7. The largest absolute Gasteiger partial charge is 0.332 e. The van der Waals surface area contributed by atoms with Gasteiger partial charge < -0.3 is 9.80 Å². The van der Waals surface area contributed by atoms with E-state index in [0.29, 0.717) is 47.4 Å². The van der Waals surface area contributed by atoms with Crippen LogP contribution in [-0.4, -0.2) is 67.1 Å². The van der Waals surface area contributed by atoms with Gasteiger partial charge in [-0.3, -0.25) is 19.3 Å². The zero-order valence-corrected chi connectivity index (χ0v) is 23.6. The summed E-state index contributed by atoms with van der Waals surface area (Å²) < 4.78 is 1.76. The Balaban J connectivity index is 1.22. The minimum atomic E-state index is -0.768. The molecular formula is C32H29N7O3. The van der Waals surface area contributed by atoms with E-state index >= 15 is 0 Å². The first-order valence-corrected chi connectivity index (χ1v) is 14.0. The molecular weight excluding hydrogens is 530 g/mol. The number of hydrogen-bond acceptors (Lipinski definition) is 6. The number of benzene rings is 2. The van der Waals surface area contributed by atoms with Crippen LogP contribution < -0.4 is 4.90 Å². The molecule has 0 N–H and O–H groups in total. The van der Waals surface area contributed by atoms with Gasteiger partial charge in [0, 0.05) is 23.5 Å². The maximum atomic E-state index is 14.2. The number of piperazine rings is 1. The molecule has 2 aromatic heterocycles. The van der Waals surface area contributed by atoms with Gasteiger partial charge in [-0.05, 0) is 42.3 Å². The molecule has 2 bridgehead atoms. The van der Waals surface area contributed by atoms with E-state index in [9.17, 15) is 19.6 Å². The molecule has 7 rings (SSSR count). The second kappa shape index (κ2) is 9.24. The fraction of sp³-hybridized carbons (Fsp3) is 0.312. The van der Waals surface area contributed by atoms with Crippen molar-refractivity contribution in [1.29, 1.82) is 5.26 Å². The molecule has 210 valence electrons. The summed E-state index contributed by atoms with van der Waals surface area (Å²) >= 11 is 0. The van der Waals surface area contributed by atoms with Crippen molar-refractivity contribution in [2.75, 3.05) is 11.4 Å². The van der Waals surface area contributed by atoms with E-state index in [1.165, 1.54) is 4.90 Å². The number of likely N-dealkylation sites (tertiary alicyclic amines) is 1. The Bertz CT molecular complexity index is 1820. The Morgan fingerprint density at radius 3 is 2.60 bits per heavy atom. The number of imide groups is 1. The third kappa shape index (κ3) is 3.80. The van der Waals surface area contributed by atoms with Crippen LogP contribution in [-0.2, 0) is 16.8 Å². The Morgan fingerprint density at radius 1 is 1.07 bits per heavy atom. The van der Waals surface area contributed by atoms with E-state index in [1.54, 1.807) is 44.9 Å². The summed E-state index contributed by atoms with van der Waals surface area (Å²) in [7, 11) is 0. The zero-order chi connectivity index (χ0) is 29.3. The molecule has 3 fully saturated rings. The number of hydrogen-bond donors (Lipinski definition) is 0. The second-order valence-electron chi connectivity index (χ2n) is 12.2. The van der Waals surface area contributed by atoms with Crippen LogP contribution in [0.5, 0.6) is 0 Å². The monoisotopic (exact) mass is 559 g/mol. The standard InChI is InChI=1S/C32H29N7O3/c1-32(2,3)26-15-25(37(35-26)17-19-8-5-4-6-9-19)29(40)36-18-21-14-24(36)28-30(41)39(31(42)38(21)28)23-12-11-20(16-33)27-22(23)10-7-13-34-27/h4-13,15,21,24,28H,14,17-18H2,1-3H3/t21-,24-,28-/m0/s1. The fourth-order valence-electron chi connectivity index (χ4n) is 6.53. The minimum Gasteiger partial charge on any atom is -0.330 e. The number of aromatic nitrogens is 3. The lowest BCUT2D eigenvalue weighted by molar-refractivity contribution is -0.121. The lowest BCUT2D eigenvalue weighted by Crippen LogP contribution is -2.55. The van der Waals surface area contributed by atoms with Gasteiger partial charge in [-0.2, -0.15) is 10.4 Å². The molecule has 0 spiro atoms. The zero-order valence-electron chi connectivity index (χ0n) is 23.6. The molecule has 3 aliphatic heterocycles. The Labute approximate surface area is 242 Å². The topological polar surface area (TPSA) is 115 Å². The van der Waals surface area contributed by atoms with Crippen LogP contribution in [0.1, 0.15) is 54.5 Å². The molecule has 3 atom stereocenters. The number of anilines is 1. The van der Waals surface area contributed by atoms with Crippen LogP contribution >= 0.6 is 0 Å². The Hall–Kier alpha value is -5.04. The summed E-state index contributed by atoms with van der Waals surface area (Å²) in [6.45, 7) is 6.98. The summed E-state index contributed by atoms with van der Waals surface area (Å²) in [4.78, 5) is 50.8. The van der Waals surface area contributed by atoms with E-state index in [0.717, 1.165) is 11.3 Å². The predicted molar refractivity (Wildman–Crippen MR) is 155 cm³/mol. The fourth-order valence-corrected chi connectivity index (χ4v) is 6.53. The maximum absolute atomic E-state index is 14.2. The molecule has 42 heavy (non-hydrogen) atoms. The van der Waals surface area contributed by atoms with Crippen molar-refractivity contribution in [3.05, 3.63) is 89.4 Å². The SMILES string of the molecule is CC(C)(C)c1cc(C(=O)N2C[C@@H]3C[C@H]2[C@H]2C(=O)N(c4ccc(C#N)c5ncccc45)C(=O)N32)n(Cc2ccccc2)n1. The normalized spacial score (nSPS) is 21.4. The maximum Gasteiger partial charge on any atom is 0.332 e. The van der Waals surface area contributed by atoms with Crippen LogP contribution in [0.15, 0.2) is 66.9 Å². The second-order valence-corrected chi connectivity index (χ2v) is 12.2. The highest BCUT2D eigenvalue weighted by Crippen LogP contribution is 2.44. The average molecular weight is 560 g/mol. The molecule has 4 amide bonds. The average Bonchev–Trinajstić information content (AvgIpc) is 3.75. The van der Waals surface area contributed by atoms with Gasteiger partial charge in [0.25, 0.3) is 11.8 Å². The van der Waals surface area contributed by atoms with Crippen molar-refractivity contribution in [2.24, 2.45) is 0 Å². The van der Waals surface area contributed by atoms with E-state index in [-0.39, 0.29) is 23.3 Å². The van der Waals surface area contributed by atoms with Crippen molar-refractivity contribution in [2.45, 2.75) is 57.3 Å². The first-order valence-electron chi connectivity index (χ1n) is 14.0. The number of carbonyl (C=O) groups is 3. The summed E-state index contributed by atoms with van der Waals surface area (Å²) in [5, 5.41) is 14.9. The van der Waals surface area contributed by atoms with E-state index in [2.05, 4.69) is 31.8 Å². The van der Waals surface area contributed by atoms with Crippen molar-refractivity contribution < 1.29 is 14.4 Å². The quantitative estimate of drug-likeness (QED) is 0.348. The van der Waals surface area contributed by atoms with Crippen molar-refractivity contribution in [3.63, 3.8) is 0 Å². The number of urea groups is 1. The number of rotatable bonds is 4. The van der Waals surface area contributed by atoms with Crippen LogP contribution in [0, 0.1) is 11.3 Å². The van der Waals surface area contributed by atoms with E-state index < -0.39 is 18.1 Å². The molecule has 3 saturated heterocycles. The summed E-state index contributed by atoms with van der Waals surface area (Å²) in [5.74, 6) is -0.555. The van der Waals surface area contributed by atoms with Crippen molar-refractivity contribution in [3.8, 4) is 6.07 Å². The molecule has 0 saturated carbocycles. The van der Waals surface area contributed by atoms with Gasteiger partial charge in [0.1, 0.15) is 17.8 Å². The van der Waals surface area contributed by atoms with Gasteiger partial charge in [-0.1, -0.05) is 51.1 Å². The van der Waals surface area contributed by atoms with Gasteiger partial charge in [0.15, 0.2) is 0 Å². The number of pyridine rings is 1. The summed E-state index contributed by atoms with van der Waals surface area (Å²) in [6.07, 6.45) is 2.13. The van der Waals surface area contributed by atoms with Crippen LogP contribution in [0.2, 0.25) is 0 Å². The van der Waals surface area contributed by atoms with E-state index in [1.807, 2.05) is 36.4 Å². The van der Waals surface area contributed by atoms with Crippen LogP contribution in [0.4, 0.5) is 10.5 Å². The van der Waals surface area contributed by atoms with E-state index in [4.69, 9.17) is 5.10 Å². The smallest absolute Gasteiger partial charge is 0.330 e. The lowest BCUT2D eigenvalue weighted by Gasteiger charge is -2.34. The number of nitriles is 1. The lowest BCUT2D eigenvalue weighted by atomic mass is 9.92. The predicted octanol–water partition coefficient (Wildman–Crippen LogP) is 4.08. The van der Waals surface area contributed by atoms with Crippen LogP contribution in [0.25, 0.3) is 10.9 Å². The molecule has 3 aliphatic rings. The number of carbonyl (C=O) groups excluding carboxylic acids is 3. The molecule has 2 aromatic carbocycles. The molecule has 10 nitrogen and oxygen atoms in total. The Morgan fingerprint density at radius 2 is 1.86 bits per heavy atom. The first kappa shape index (κ1) is 25.9. The van der Waals surface area contributed by atoms with Gasteiger partial charge in [-0.25, -0.2) is 9.69 Å². The van der Waals surface area contributed by atoms with Gasteiger partial charge in [0.2, 0.25) is 0 Å². The molecule has 5 heterocycles. The highest BCUT2D eigenvalue weighted by Gasteiger charge is 2.63. The third-order valence-corrected chi connectivity index (χ3v) is 8.58. The van der Waals surface area contributed by atoms with Crippen molar-refractivity contribution in [1.82, 2.24) is 24.6 Å². The molecule has 10 heteroatoms. The highest BCUT2D eigenvalue weighted by atomic mass is 16.2. The minimum absolute atomic E-state index is 0.187. The highest BCUT2D eigenvalue weighted by molar-refractivity contribution is 6.25. The van der Waals surface area contributed by atoms with Gasteiger partial charge >= 0.3 is 6.03 Å². The number of amides is 4. The van der Waals surface area contributed by atoms with Gasteiger partial charge in [0.05, 0.1) is 41.1 Å². The van der Waals surface area contributed by atoms with Gasteiger partial charge in [-0.15, -0.1) is 0 Å². The Kier molecular flexibility index (Phi) is 5.70. The number of nitrogens with zero attached hydrogens (tertiary/aromatic N) is 7. The molecule has 4 aromatic rings. The molecule has 0 unspecified atom stereocenters. The molecule has 0 radical (unpaired) electrons. The van der Waals surface area contributed by atoms with Crippen LogP contribution in [0.3, 0.4) is 0 Å². The number of fused-ring (bicyclic) bond motifs is 6. The third-order valence-electron chi connectivity index (χ3n) is 8.58. The molecule has 0 aliphatic carbocycles.